The predicted octanol–water partition coefficient (Wildman–Crippen LogP) is 2.56. The van der Waals surface area contributed by atoms with E-state index >= 15 is 0 Å². The normalized spacial score (nSPS) is 14.1. The van der Waals surface area contributed by atoms with Gasteiger partial charge in [-0.25, -0.2) is 4.98 Å². The number of pyridine rings is 2. The first kappa shape index (κ1) is 19.4. The largest absolute Gasteiger partial charge is 0.357 e. The molecule has 1 aliphatic heterocycles. The van der Waals surface area contributed by atoms with E-state index in [0.717, 1.165) is 36.1 Å². The van der Waals surface area contributed by atoms with Crippen molar-refractivity contribution < 1.29 is 0 Å². The number of aliphatic imine (C=N–C) groups is 1. The molecule has 2 aromatic rings. The molecule has 0 atom stereocenters. The Morgan fingerprint density at radius 2 is 1.88 bits per heavy atom. The van der Waals surface area contributed by atoms with Crippen molar-refractivity contribution in [2.45, 2.75) is 25.9 Å². The summed E-state index contributed by atoms with van der Waals surface area (Å²) >= 11 is 0. The number of guanidine groups is 1. The summed E-state index contributed by atoms with van der Waals surface area (Å²) in [5.74, 6) is 1.83. The molecule has 1 aliphatic rings. The molecule has 0 radical (unpaired) electrons. The summed E-state index contributed by atoms with van der Waals surface area (Å²) in [6.07, 6.45) is 6.26. The predicted molar refractivity (Wildman–Crippen MR) is 112 cm³/mol. The molecule has 0 aromatic carbocycles. The molecule has 0 unspecified atom stereocenters. The van der Waals surface area contributed by atoms with Crippen molar-refractivity contribution in [2.75, 3.05) is 25.0 Å². The Bertz CT molecular complexity index is 653. The van der Waals surface area contributed by atoms with E-state index in [4.69, 9.17) is 0 Å². The number of rotatable bonds is 5. The van der Waals surface area contributed by atoms with E-state index in [9.17, 15) is 0 Å². The van der Waals surface area contributed by atoms with Gasteiger partial charge in [-0.2, -0.15) is 0 Å². The summed E-state index contributed by atoms with van der Waals surface area (Å²) in [5.41, 5.74) is 2.12. The van der Waals surface area contributed by atoms with Crippen LogP contribution in [0.15, 0.2) is 47.7 Å². The fourth-order valence-electron chi connectivity index (χ4n) is 2.74. The van der Waals surface area contributed by atoms with Gasteiger partial charge in [0.05, 0.1) is 12.2 Å². The number of nitrogens with one attached hydrogen (secondary N) is 2. The van der Waals surface area contributed by atoms with Crippen molar-refractivity contribution >= 4 is 35.8 Å². The summed E-state index contributed by atoms with van der Waals surface area (Å²) < 4.78 is 0. The Labute approximate surface area is 166 Å². The van der Waals surface area contributed by atoms with E-state index in [-0.39, 0.29) is 24.0 Å². The average molecular weight is 452 g/mol. The van der Waals surface area contributed by atoms with Gasteiger partial charge in [0.25, 0.3) is 0 Å². The lowest BCUT2D eigenvalue weighted by Gasteiger charge is -2.16. The van der Waals surface area contributed by atoms with Crippen molar-refractivity contribution in [3.8, 4) is 0 Å². The summed E-state index contributed by atoms with van der Waals surface area (Å²) in [4.78, 5) is 15.4. The van der Waals surface area contributed by atoms with E-state index in [2.05, 4.69) is 42.6 Å². The molecule has 134 valence electrons. The van der Waals surface area contributed by atoms with Gasteiger partial charge in [-0.3, -0.25) is 9.98 Å². The second-order valence-electron chi connectivity index (χ2n) is 5.82. The van der Waals surface area contributed by atoms with Gasteiger partial charge in [-0.05, 0) is 36.6 Å². The molecule has 3 rings (SSSR count). The Kier molecular flexibility index (Phi) is 7.90. The van der Waals surface area contributed by atoms with Crippen molar-refractivity contribution in [3.05, 3.63) is 54.0 Å². The van der Waals surface area contributed by atoms with Gasteiger partial charge in [0.15, 0.2) is 5.96 Å². The highest BCUT2D eigenvalue weighted by Crippen LogP contribution is 2.17. The highest BCUT2D eigenvalue weighted by Gasteiger charge is 2.12. The lowest BCUT2D eigenvalue weighted by Crippen LogP contribution is -2.36. The molecular weight excluding hydrogens is 427 g/mol. The maximum absolute atomic E-state index is 4.57. The Hall–Kier alpha value is -1.90. The molecule has 1 fully saturated rings. The number of nitrogens with zero attached hydrogens (tertiary/aromatic N) is 4. The van der Waals surface area contributed by atoms with Crippen molar-refractivity contribution in [2.24, 2.45) is 4.99 Å². The van der Waals surface area contributed by atoms with Crippen LogP contribution in [-0.4, -0.2) is 36.1 Å². The van der Waals surface area contributed by atoms with Crippen LogP contribution in [0.3, 0.4) is 0 Å². The molecule has 1 saturated heterocycles. The number of anilines is 1. The molecule has 7 heteroatoms. The molecule has 0 amide bonds. The van der Waals surface area contributed by atoms with Crippen LogP contribution in [-0.2, 0) is 13.1 Å². The van der Waals surface area contributed by atoms with Gasteiger partial charge in [0.1, 0.15) is 5.82 Å². The maximum atomic E-state index is 4.57. The van der Waals surface area contributed by atoms with E-state index in [0.29, 0.717) is 13.1 Å². The Morgan fingerprint density at radius 3 is 2.52 bits per heavy atom. The SMILES string of the molecule is CN=C(NCc1ccc(N2CCCC2)nc1)NCc1ccccn1.I. The molecule has 6 nitrogen and oxygen atoms in total. The highest BCUT2D eigenvalue weighted by atomic mass is 127. The highest BCUT2D eigenvalue weighted by molar-refractivity contribution is 14.0. The van der Waals surface area contributed by atoms with Crippen LogP contribution in [0.4, 0.5) is 5.82 Å². The fraction of sp³-hybridized carbons (Fsp3) is 0.389. The third-order valence-corrected chi connectivity index (χ3v) is 4.09. The quantitative estimate of drug-likeness (QED) is 0.415. The number of halogens is 1. The number of hydrogen-bond acceptors (Lipinski definition) is 4. The van der Waals surface area contributed by atoms with Crippen LogP contribution in [0, 0.1) is 0 Å². The first-order chi connectivity index (χ1) is 11.8. The number of hydrogen-bond donors (Lipinski definition) is 2. The van der Waals surface area contributed by atoms with Crippen LogP contribution in [0.25, 0.3) is 0 Å². The zero-order valence-corrected chi connectivity index (χ0v) is 16.8. The van der Waals surface area contributed by atoms with Crippen LogP contribution in [0.5, 0.6) is 0 Å². The average Bonchev–Trinajstić information content (AvgIpc) is 3.18. The Morgan fingerprint density at radius 1 is 1.08 bits per heavy atom. The molecule has 2 N–H and O–H groups in total. The van der Waals surface area contributed by atoms with Gasteiger partial charge < -0.3 is 15.5 Å². The van der Waals surface area contributed by atoms with Crippen molar-refractivity contribution in [3.63, 3.8) is 0 Å². The second kappa shape index (κ2) is 10.2. The van der Waals surface area contributed by atoms with Crippen LogP contribution in [0.1, 0.15) is 24.1 Å². The summed E-state index contributed by atoms with van der Waals surface area (Å²) in [6.45, 7) is 3.57. The van der Waals surface area contributed by atoms with E-state index < -0.39 is 0 Å². The lowest BCUT2D eigenvalue weighted by atomic mass is 10.3. The lowest BCUT2D eigenvalue weighted by molar-refractivity contribution is 0.792. The minimum absolute atomic E-state index is 0. The minimum atomic E-state index is 0. The van der Waals surface area contributed by atoms with E-state index in [1.54, 1.807) is 13.2 Å². The molecule has 0 aliphatic carbocycles. The van der Waals surface area contributed by atoms with E-state index in [1.807, 2.05) is 24.4 Å². The van der Waals surface area contributed by atoms with Crippen molar-refractivity contribution in [1.82, 2.24) is 20.6 Å². The first-order valence-corrected chi connectivity index (χ1v) is 8.39. The topological polar surface area (TPSA) is 65.4 Å². The molecule has 2 aromatic heterocycles. The second-order valence-corrected chi connectivity index (χ2v) is 5.82. The van der Waals surface area contributed by atoms with Gasteiger partial charge in [0.2, 0.25) is 0 Å². The molecule has 25 heavy (non-hydrogen) atoms. The Balaban J connectivity index is 0.00000225. The maximum Gasteiger partial charge on any atom is 0.191 e. The van der Waals surface area contributed by atoms with Gasteiger partial charge in [-0.1, -0.05) is 12.1 Å². The third kappa shape index (κ3) is 5.84. The van der Waals surface area contributed by atoms with Gasteiger partial charge in [0, 0.05) is 39.1 Å². The molecular formula is C18H25IN6. The first-order valence-electron chi connectivity index (χ1n) is 8.39. The monoisotopic (exact) mass is 452 g/mol. The number of aromatic nitrogens is 2. The summed E-state index contributed by atoms with van der Waals surface area (Å²) in [7, 11) is 1.77. The molecule has 3 heterocycles. The zero-order valence-electron chi connectivity index (χ0n) is 14.5. The van der Waals surface area contributed by atoms with Crippen LogP contribution >= 0.6 is 24.0 Å². The van der Waals surface area contributed by atoms with Crippen molar-refractivity contribution in [1.29, 1.82) is 0 Å². The standard InChI is InChI=1S/C18H24N6.HI/c1-19-18(23-14-16-6-2-3-9-20-16)22-13-15-7-8-17(21-12-15)24-10-4-5-11-24;/h2-3,6-9,12H,4-5,10-11,13-14H2,1H3,(H2,19,22,23);1H. The molecule has 0 bridgehead atoms. The third-order valence-electron chi connectivity index (χ3n) is 4.09. The van der Waals surface area contributed by atoms with Crippen LogP contribution < -0.4 is 15.5 Å². The summed E-state index contributed by atoms with van der Waals surface area (Å²) in [6, 6.07) is 10.1. The molecule has 0 saturated carbocycles. The van der Waals surface area contributed by atoms with Gasteiger partial charge in [-0.15, -0.1) is 24.0 Å². The smallest absolute Gasteiger partial charge is 0.191 e. The molecule has 0 spiro atoms. The zero-order chi connectivity index (χ0) is 16.6. The summed E-state index contributed by atoms with van der Waals surface area (Å²) in [5, 5.41) is 6.56. The minimum Gasteiger partial charge on any atom is -0.357 e. The van der Waals surface area contributed by atoms with Crippen LogP contribution in [0.2, 0.25) is 0 Å². The van der Waals surface area contributed by atoms with Gasteiger partial charge >= 0.3 is 0 Å². The van der Waals surface area contributed by atoms with E-state index in [1.165, 1.54) is 12.8 Å². The fourth-order valence-corrected chi connectivity index (χ4v) is 2.74.